The number of carbonyl (C=O) groups is 1. The number of aryl methyl sites for hydroxylation is 2. The van der Waals surface area contributed by atoms with Gasteiger partial charge in [0, 0.05) is 6.92 Å². The first-order valence-corrected chi connectivity index (χ1v) is 9.13. The third kappa shape index (κ3) is 4.82. The lowest BCUT2D eigenvalue weighted by atomic mass is 10.2. The zero-order valence-corrected chi connectivity index (χ0v) is 15.8. The SMILES string of the molecule is COc1cc(/C=N/NC(C)=O)ccc1OS(=O)(=O)c1cc(C)ccc1C. The largest absolute Gasteiger partial charge is 0.493 e. The highest BCUT2D eigenvalue weighted by Crippen LogP contribution is 2.31. The molecule has 0 saturated carbocycles. The van der Waals surface area contributed by atoms with Crippen LogP contribution < -0.4 is 14.3 Å². The summed E-state index contributed by atoms with van der Waals surface area (Å²) in [6.07, 6.45) is 1.41. The molecule has 0 heterocycles. The standard InChI is InChI=1S/C18H20N2O5S/c1-12-5-6-13(2)18(9-12)26(22,23)25-16-8-7-15(10-17(16)24-4)11-19-20-14(3)21/h5-11H,1-4H3,(H,20,21)/b19-11+. The molecule has 0 aliphatic carbocycles. The van der Waals surface area contributed by atoms with Gasteiger partial charge in [-0.3, -0.25) is 4.79 Å². The molecule has 0 spiro atoms. The second kappa shape index (κ2) is 8.01. The predicted octanol–water partition coefficient (Wildman–Crippen LogP) is 2.55. The minimum absolute atomic E-state index is 0.0603. The van der Waals surface area contributed by atoms with Crippen LogP contribution in [0.25, 0.3) is 0 Å². The van der Waals surface area contributed by atoms with Crippen molar-refractivity contribution in [1.29, 1.82) is 0 Å². The maximum atomic E-state index is 12.6. The van der Waals surface area contributed by atoms with Gasteiger partial charge in [0.25, 0.3) is 0 Å². The maximum Gasteiger partial charge on any atom is 0.339 e. The molecular formula is C18H20N2O5S. The summed E-state index contributed by atoms with van der Waals surface area (Å²) in [4.78, 5) is 10.9. The summed E-state index contributed by atoms with van der Waals surface area (Å²) in [5.74, 6) is -0.0106. The van der Waals surface area contributed by atoms with Gasteiger partial charge in [-0.05, 0) is 54.8 Å². The Balaban J connectivity index is 2.32. The number of carbonyl (C=O) groups excluding carboxylic acids is 1. The van der Waals surface area contributed by atoms with Crippen molar-refractivity contribution >= 4 is 22.2 Å². The normalized spacial score (nSPS) is 11.4. The zero-order valence-electron chi connectivity index (χ0n) is 14.9. The minimum atomic E-state index is -4.01. The molecule has 0 aliphatic rings. The van der Waals surface area contributed by atoms with Crippen LogP contribution in [0.4, 0.5) is 0 Å². The van der Waals surface area contributed by atoms with Gasteiger partial charge in [0.1, 0.15) is 4.90 Å². The summed E-state index contributed by atoms with van der Waals surface area (Å²) in [5, 5.41) is 3.75. The first-order valence-electron chi connectivity index (χ1n) is 7.72. The number of nitrogens with zero attached hydrogens (tertiary/aromatic N) is 1. The van der Waals surface area contributed by atoms with E-state index in [1.807, 2.05) is 13.0 Å². The second-order valence-electron chi connectivity index (χ2n) is 5.64. The third-order valence-electron chi connectivity index (χ3n) is 3.44. The average Bonchev–Trinajstić information content (AvgIpc) is 2.57. The van der Waals surface area contributed by atoms with Crippen LogP contribution in [0.3, 0.4) is 0 Å². The van der Waals surface area contributed by atoms with Crippen molar-refractivity contribution in [2.45, 2.75) is 25.7 Å². The van der Waals surface area contributed by atoms with Crippen LogP contribution in [0.15, 0.2) is 46.4 Å². The summed E-state index contributed by atoms with van der Waals surface area (Å²) in [6.45, 7) is 4.85. The topological polar surface area (TPSA) is 94.1 Å². The molecule has 2 rings (SSSR count). The Morgan fingerprint density at radius 3 is 2.50 bits per heavy atom. The fraction of sp³-hybridized carbons (Fsp3) is 0.222. The van der Waals surface area contributed by atoms with Crippen LogP contribution in [0.2, 0.25) is 0 Å². The van der Waals surface area contributed by atoms with Crippen molar-refractivity contribution in [1.82, 2.24) is 5.43 Å². The summed E-state index contributed by atoms with van der Waals surface area (Å²) in [7, 11) is -2.61. The molecule has 0 aromatic heterocycles. The molecule has 2 aromatic carbocycles. The molecule has 7 nitrogen and oxygen atoms in total. The molecule has 0 fully saturated rings. The molecular weight excluding hydrogens is 356 g/mol. The quantitative estimate of drug-likeness (QED) is 0.475. The third-order valence-corrected chi connectivity index (χ3v) is 4.81. The number of rotatable bonds is 6. The van der Waals surface area contributed by atoms with Gasteiger partial charge in [0.2, 0.25) is 5.91 Å². The van der Waals surface area contributed by atoms with Gasteiger partial charge in [-0.15, -0.1) is 0 Å². The Morgan fingerprint density at radius 2 is 1.85 bits per heavy atom. The van der Waals surface area contributed by atoms with Gasteiger partial charge >= 0.3 is 10.1 Å². The molecule has 0 atom stereocenters. The first-order chi connectivity index (χ1) is 12.2. The van der Waals surface area contributed by atoms with Gasteiger partial charge in [-0.25, -0.2) is 5.43 Å². The Hall–Kier alpha value is -2.87. The number of nitrogens with one attached hydrogen (secondary N) is 1. The van der Waals surface area contributed by atoms with E-state index in [-0.39, 0.29) is 22.3 Å². The first kappa shape index (κ1) is 19.5. The number of ether oxygens (including phenoxy) is 1. The van der Waals surface area contributed by atoms with E-state index in [1.54, 1.807) is 31.2 Å². The van der Waals surface area contributed by atoms with E-state index in [0.29, 0.717) is 11.1 Å². The molecule has 1 amide bonds. The molecule has 0 aliphatic heterocycles. The van der Waals surface area contributed by atoms with E-state index in [2.05, 4.69) is 10.5 Å². The van der Waals surface area contributed by atoms with E-state index >= 15 is 0 Å². The monoisotopic (exact) mass is 376 g/mol. The highest BCUT2D eigenvalue weighted by atomic mass is 32.2. The van der Waals surface area contributed by atoms with Gasteiger partial charge in [0.15, 0.2) is 11.5 Å². The maximum absolute atomic E-state index is 12.6. The lowest BCUT2D eigenvalue weighted by molar-refractivity contribution is -0.118. The summed E-state index contributed by atoms with van der Waals surface area (Å²) in [6, 6.07) is 9.74. The Bertz CT molecular complexity index is 952. The number of methoxy groups -OCH3 is 1. The number of hydrogen-bond donors (Lipinski definition) is 1. The number of hydrogen-bond acceptors (Lipinski definition) is 6. The Labute approximate surface area is 152 Å². The molecule has 0 radical (unpaired) electrons. The van der Waals surface area contributed by atoms with Crippen molar-refractivity contribution in [3.05, 3.63) is 53.1 Å². The molecule has 0 saturated heterocycles. The average molecular weight is 376 g/mol. The van der Waals surface area contributed by atoms with Crippen LogP contribution in [0.1, 0.15) is 23.6 Å². The molecule has 0 bridgehead atoms. The van der Waals surface area contributed by atoms with Crippen molar-refractivity contribution in [2.75, 3.05) is 7.11 Å². The molecule has 138 valence electrons. The zero-order chi connectivity index (χ0) is 19.3. The van der Waals surface area contributed by atoms with Crippen LogP contribution in [-0.2, 0) is 14.9 Å². The van der Waals surface area contributed by atoms with Gasteiger partial charge in [0.05, 0.1) is 13.3 Å². The predicted molar refractivity (Wildman–Crippen MR) is 98.1 cm³/mol. The van der Waals surface area contributed by atoms with Crippen LogP contribution in [-0.4, -0.2) is 27.6 Å². The minimum Gasteiger partial charge on any atom is -0.493 e. The molecule has 2 aromatic rings. The van der Waals surface area contributed by atoms with Crippen molar-refractivity contribution in [3.8, 4) is 11.5 Å². The van der Waals surface area contributed by atoms with E-state index in [0.717, 1.165) is 5.56 Å². The number of amides is 1. The smallest absolute Gasteiger partial charge is 0.339 e. The van der Waals surface area contributed by atoms with E-state index in [1.165, 1.54) is 26.3 Å². The number of benzene rings is 2. The highest BCUT2D eigenvalue weighted by molar-refractivity contribution is 7.87. The molecule has 1 N–H and O–H groups in total. The molecule has 26 heavy (non-hydrogen) atoms. The van der Waals surface area contributed by atoms with Gasteiger partial charge in [-0.2, -0.15) is 13.5 Å². The lowest BCUT2D eigenvalue weighted by Gasteiger charge is -2.13. The fourth-order valence-electron chi connectivity index (χ4n) is 2.17. The summed E-state index contributed by atoms with van der Waals surface area (Å²) < 4.78 is 35.7. The summed E-state index contributed by atoms with van der Waals surface area (Å²) in [5.41, 5.74) is 4.29. The van der Waals surface area contributed by atoms with E-state index < -0.39 is 10.1 Å². The van der Waals surface area contributed by atoms with Gasteiger partial charge in [-0.1, -0.05) is 12.1 Å². The van der Waals surface area contributed by atoms with Crippen molar-refractivity contribution < 1.29 is 22.1 Å². The van der Waals surface area contributed by atoms with Crippen LogP contribution in [0, 0.1) is 13.8 Å². The van der Waals surface area contributed by atoms with E-state index in [4.69, 9.17) is 8.92 Å². The summed E-state index contributed by atoms with van der Waals surface area (Å²) >= 11 is 0. The van der Waals surface area contributed by atoms with E-state index in [9.17, 15) is 13.2 Å². The Morgan fingerprint density at radius 1 is 1.12 bits per heavy atom. The number of hydrazone groups is 1. The Kier molecular flexibility index (Phi) is 5.99. The van der Waals surface area contributed by atoms with Gasteiger partial charge < -0.3 is 8.92 Å². The van der Waals surface area contributed by atoms with Crippen LogP contribution in [0.5, 0.6) is 11.5 Å². The fourth-order valence-corrected chi connectivity index (χ4v) is 3.43. The molecule has 8 heteroatoms. The van der Waals surface area contributed by atoms with Crippen LogP contribution >= 0.6 is 0 Å². The highest BCUT2D eigenvalue weighted by Gasteiger charge is 2.21. The van der Waals surface area contributed by atoms with Crippen molar-refractivity contribution in [2.24, 2.45) is 5.10 Å². The lowest BCUT2D eigenvalue weighted by Crippen LogP contribution is -2.13. The molecule has 0 unspecified atom stereocenters. The second-order valence-corrected chi connectivity index (χ2v) is 7.16. The van der Waals surface area contributed by atoms with Crippen molar-refractivity contribution in [3.63, 3.8) is 0 Å².